The summed E-state index contributed by atoms with van der Waals surface area (Å²) in [6, 6.07) is 14.7. The summed E-state index contributed by atoms with van der Waals surface area (Å²) in [7, 11) is 0. The number of halogens is 7. The summed E-state index contributed by atoms with van der Waals surface area (Å²) >= 11 is 5.90. The average molecular weight is 695 g/mol. The average Bonchev–Trinajstić information content (AvgIpc) is 3.48. The fourth-order valence-electron chi connectivity index (χ4n) is 6.46. The van der Waals surface area contributed by atoms with Crippen molar-refractivity contribution in [3.8, 4) is 22.3 Å². The highest BCUT2D eigenvalue weighted by molar-refractivity contribution is 6.30. The third-order valence-electron chi connectivity index (χ3n) is 8.64. The van der Waals surface area contributed by atoms with Crippen molar-refractivity contribution in [1.29, 1.82) is 0 Å². The Morgan fingerprint density at radius 2 is 1.02 bits per heavy atom. The number of carbonyl (C=O) groups excluding carboxylic acids is 2. The van der Waals surface area contributed by atoms with Crippen molar-refractivity contribution in [2.24, 2.45) is 0 Å². The molecule has 2 N–H and O–H groups in total. The lowest BCUT2D eigenvalue weighted by Gasteiger charge is -2.12. The zero-order valence-electron chi connectivity index (χ0n) is 25.5. The summed E-state index contributed by atoms with van der Waals surface area (Å²) in [5.74, 6) is -6.95. The standard InChI is InChI=1S/C18H13ClF2N2O.C18H12F4N2O/c19-12-4-2-10(3-5-12)15-16(21)13(20)8-11-9-14-18(24)22-6-1-7-23(14)17(11)15;19-11-3-2-9(6-12(11)20)15-16(22)13(21)7-10-8-14-18(25)23-4-1-5-24(14)17(10)15/h2-5,8-9H,1,6-7H2,(H,22,24);2-3,6-8H,1,4-5H2,(H,23,25). The highest BCUT2D eigenvalue weighted by Crippen LogP contribution is 2.38. The van der Waals surface area contributed by atoms with Crippen LogP contribution in [0.15, 0.2) is 66.7 Å². The molecule has 2 aliphatic heterocycles. The molecule has 4 aromatic carbocycles. The predicted molar refractivity (Wildman–Crippen MR) is 173 cm³/mol. The van der Waals surface area contributed by atoms with Crippen molar-refractivity contribution in [3.05, 3.63) is 118 Å². The van der Waals surface area contributed by atoms with Crippen LogP contribution in [0.2, 0.25) is 5.02 Å². The minimum atomic E-state index is -1.16. The Labute approximate surface area is 279 Å². The highest BCUT2D eigenvalue weighted by Gasteiger charge is 2.26. The van der Waals surface area contributed by atoms with Crippen LogP contribution in [0.1, 0.15) is 33.8 Å². The van der Waals surface area contributed by atoms with Gasteiger partial charge in [-0.1, -0.05) is 29.8 Å². The van der Waals surface area contributed by atoms with Crippen LogP contribution < -0.4 is 10.6 Å². The number of amides is 2. The van der Waals surface area contributed by atoms with Gasteiger partial charge < -0.3 is 19.8 Å². The van der Waals surface area contributed by atoms with Gasteiger partial charge in [-0.2, -0.15) is 0 Å². The van der Waals surface area contributed by atoms with E-state index in [-0.39, 0.29) is 39.7 Å². The zero-order chi connectivity index (χ0) is 34.6. The number of benzene rings is 4. The molecule has 2 aliphatic rings. The van der Waals surface area contributed by atoms with Gasteiger partial charge in [0.25, 0.3) is 11.8 Å². The SMILES string of the molecule is O=C1NCCCn2c1cc1cc(F)c(F)c(-c3ccc(Cl)cc3)c12.O=C1NCCCn2c1cc1cc(F)c(F)c(-c3ccc(F)c(F)c3)c12. The Morgan fingerprint density at radius 1 is 0.551 bits per heavy atom. The van der Waals surface area contributed by atoms with E-state index in [4.69, 9.17) is 11.6 Å². The summed E-state index contributed by atoms with van der Waals surface area (Å²) in [6.45, 7) is 2.00. The van der Waals surface area contributed by atoms with Gasteiger partial charge in [-0.25, -0.2) is 26.3 Å². The Hall–Kier alpha value is -5.23. The van der Waals surface area contributed by atoms with Crippen molar-refractivity contribution in [1.82, 2.24) is 19.8 Å². The number of hydrogen-bond donors (Lipinski definition) is 2. The Balaban J connectivity index is 0.000000154. The molecule has 2 aromatic heterocycles. The van der Waals surface area contributed by atoms with Crippen LogP contribution >= 0.6 is 11.6 Å². The van der Waals surface area contributed by atoms with Crippen molar-refractivity contribution in [2.45, 2.75) is 25.9 Å². The van der Waals surface area contributed by atoms with Gasteiger partial charge in [0.05, 0.1) is 11.0 Å². The highest BCUT2D eigenvalue weighted by atomic mass is 35.5. The Morgan fingerprint density at radius 3 is 1.51 bits per heavy atom. The first-order valence-corrected chi connectivity index (χ1v) is 15.7. The van der Waals surface area contributed by atoms with Crippen molar-refractivity contribution >= 4 is 45.2 Å². The molecule has 8 rings (SSSR count). The van der Waals surface area contributed by atoms with E-state index in [1.165, 1.54) is 12.1 Å². The lowest BCUT2D eigenvalue weighted by molar-refractivity contribution is 0.0943. The first-order valence-electron chi connectivity index (χ1n) is 15.3. The smallest absolute Gasteiger partial charge is 0.267 e. The normalized spacial score (nSPS) is 14.3. The molecule has 2 amide bonds. The molecule has 13 heteroatoms. The largest absolute Gasteiger partial charge is 0.351 e. The molecule has 0 aliphatic carbocycles. The number of nitrogens with one attached hydrogen (secondary N) is 2. The maximum atomic E-state index is 14.6. The fourth-order valence-corrected chi connectivity index (χ4v) is 6.59. The molecule has 0 unspecified atom stereocenters. The van der Waals surface area contributed by atoms with Gasteiger partial charge in [-0.15, -0.1) is 0 Å². The van der Waals surface area contributed by atoms with E-state index in [1.807, 2.05) is 0 Å². The maximum Gasteiger partial charge on any atom is 0.267 e. The maximum absolute atomic E-state index is 14.6. The second-order valence-corrected chi connectivity index (χ2v) is 12.1. The molecule has 6 nitrogen and oxygen atoms in total. The molecule has 0 atom stereocenters. The molecule has 0 saturated carbocycles. The van der Waals surface area contributed by atoms with Gasteiger partial charge >= 0.3 is 0 Å². The molecule has 250 valence electrons. The van der Waals surface area contributed by atoms with Crippen molar-refractivity contribution in [3.63, 3.8) is 0 Å². The molecule has 0 spiro atoms. The van der Waals surface area contributed by atoms with E-state index < -0.39 is 34.9 Å². The van der Waals surface area contributed by atoms with Gasteiger partial charge in [-0.05, 0) is 72.5 Å². The fraction of sp³-hybridized carbons (Fsp3) is 0.167. The number of rotatable bonds is 2. The van der Waals surface area contributed by atoms with Gasteiger partial charge in [0.2, 0.25) is 0 Å². The quantitative estimate of drug-likeness (QED) is 0.179. The van der Waals surface area contributed by atoms with Crippen LogP contribution in [-0.2, 0) is 13.1 Å². The van der Waals surface area contributed by atoms with E-state index in [0.29, 0.717) is 65.2 Å². The van der Waals surface area contributed by atoms with E-state index in [2.05, 4.69) is 10.6 Å². The third-order valence-corrected chi connectivity index (χ3v) is 8.90. The van der Waals surface area contributed by atoms with Crippen molar-refractivity contribution in [2.75, 3.05) is 13.1 Å². The molecule has 6 aromatic rings. The first-order chi connectivity index (χ1) is 23.5. The minimum Gasteiger partial charge on any atom is -0.351 e. The van der Waals surface area contributed by atoms with Crippen LogP contribution in [0.25, 0.3) is 44.1 Å². The van der Waals surface area contributed by atoms with E-state index >= 15 is 0 Å². The number of fused-ring (bicyclic) bond motifs is 6. The predicted octanol–water partition coefficient (Wildman–Crippen LogP) is 8.37. The topological polar surface area (TPSA) is 68.1 Å². The van der Waals surface area contributed by atoms with Gasteiger partial charge in [0.15, 0.2) is 34.9 Å². The van der Waals surface area contributed by atoms with Crippen LogP contribution in [0.3, 0.4) is 0 Å². The second-order valence-electron chi connectivity index (χ2n) is 11.7. The molecular formula is C36H25ClF6N4O2. The van der Waals surface area contributed by atoms with E-state index in [9.17, 15) is 35.9 Å². The summed E-state index contributed by atoms with van der Waals surface area (Å²) < 4.78 is 87.6. The summed E-state index contributed by atoms with van der Waals surface area (Å²) in [4.78, 5) is 24.4. The third kappa shape index (κ3) is 5.69. The van der Waals surface area contributed by atoms with Crippen molar-refractivity contribution < 1.29 is 35.9 Å². The van der Waals surface area contributed by atoms with E-state index in [0.717, 1.165) is 30.7 Å². The molecule has 0 fully saturated rings. The van der Waals surface area contributed by atoms with Crippen LogP contribution in [-0.4, -0.2) is 34.0 Å². The van der Waals surface area contributed by atoms with Gasteiger partial charge in [0, 0.05) is 53.1 Å². The zero-order valence-corrected chi connectivity index (χ0v) is 26.2. The number of aryl methyl sites for hydroxylation is 2. The Kier molecular flexibility index (Phi) is 8.35. The Bertz CT molecular complexity index is 2320. The molecule has 0 radical (unpaired) electrons. The minimum absolute atomic E-state index is 0.00598. The number of carbonyl (C=O) groups is 2. The van der Waals surface area contributed by atoms with Crippen LogP contribution in [0.5, 0.6) is 0 Å². The number of aromatic nitrogens is 2. The van der Waals surface area contributed by atoms with Crippen LogP contribution in [0.4, 0.5) is 26.3 Å². The first kappa shape index (κ1) is 32.3. The molecule has 4 heterocycles. The van der Waals surface area contributed by atoms with Gasteiger partial charge in [0.1, 0.15) is 11.4 Å². The lowest BCUT2D eigenvalue weighted by Crippen LogP contribution is -2.22. The molecular weight excluding hydrogens is 670 g/mol. The number of nitrogens with zero attached hydrogens (tertiary/aromatic N) is 2. The molecule has 49 heavy (non-hydrogen) atoms. The van der Waals surface area contributed by atoms with Crippen LogP contribution in [0, 0.1) is 34.9 Å². The summed E-state index contributed by atoms with van der Waals surface area (Å²) in [6.07, 6.45) is 1.33. The molecule has 0 bridgehead atoms. The summed E-state index contributed by atoms with van der Waals surface area (Å²) in [5.41, 5.74) is 2.01. The lowest BCUT2D eigenvalue weighted by atomic mass is 10.0. The van der Waals surface area contributed by atoms with Gasteiger partial charge in [-0.3, -0.25) is 9.59 Å². The number of hydrogen-bond acceptors (Lipinski definition) is 2. The molecule has 0 saturated heterocycles. The summed E-state index contributed by atoms with van der Waals surface area (Å²) in [5, 5.41) is 6.85. The second kappa shape index (κ2) is 12.7. The van der Waals surface area contributed by atoms with E-state index in [1.54, 1.807) is 39.5 Å². The monoisotopic (exact) mass is 694 g/mol.